The molecule has 3 aromatic rings. The lowest BCUT2D eigenvalue weighted by atomic mass is 10.1. The third-order valence-electron chi connectivity index (χ3n) is 5.45. The topological polar surface area (TPSA) is 114 Å². The van der Waals surface area contributed by atoms with Crippen LogP contribution in [0.1, 0.15) is 12.5 Å². The number of piperazine rings is 1. The van der Waals surface area contributed by atoms with Gasteiger partial charge in [0.25, 0.3) is 0 Å². The number of nitrogens with zero attached hydrogens (tertiary/aromatic N) is 6. The predicted molar refractivity (Wildman–Crippen MR) is 116 cm³/mol. The van der Waals surface area contributed by atoms with Crippen molar-refractivity contribution >= 4 is 34.5 Å². The molecular formula is C20H23F3N8O2. The lowest BCUT2D eigenvalue weighted by Crippen LogP contribution is -2.55. The van der Waals surface area contributed by atoms with Crippen molar-refractivity contribution in [3.63, 3.8) is 0 Å². The molecule has 2 aromatic heterocycles. The first-order chi connectivity index (χ1) is 15.5. The summed E-state index contributed by atoms with van der Waals surface area (Å²) in [6.45, 7) is 4.89. The van der Waals surface area contributed by atoms with Gasteiger partial charge in [-0.3, -0.25) is 4.68 Å². The number of hydrogen-bond acceptors (Lipinski definition) is 7. The molecule has 176 valence electrons. The first-order valence-electron chi connectivity index (χ1n) is 10.2. The number of nitrogen functional groups attached to an aromatic ring is 1. The number of nitrogens with two attached hydrogens (primary N) is 1. The number of aromatic nitrogens is 4. The Morgan fingerprint density at radius 3 is 2.70 bits per heavy atom. The molecule has 1 aliphatic rings. The summed E-state index contributed by atoms with van der Waals surface area (Å²) in [7, 11) is 1.77. The number of nitrogens with one attached hydrogen (secondary N) is 1. The molecule has 0 unspecified atom stereocenters. The number of carbonyl (C=O) groups excluding carboxylic acids is 1. The Balaban J connectivity index is 1.45. The van der Waals surface area contributed by atoms with E-state index in [2.05, 4.69) is 30.0 Å². The number of fused-ring (bicyclic) bond motifs is 1. The van der Waals surface area contributed by atoms with Crippen molar-refractivity contribution in [3.05, 3.63) is 30.0 Å². The summed E-state index contributed by atoms with van der Waals surface area (Å²) in [6, 6.07) is 3.35. The van der Waals surface area contributed by atoms with E-state index in [4.69, 9.17) is 5.73 Å². The number of urea groups is 1. The Morgan fingerprint density at radius 1 is 1.27 bits per heavy atom. The summed E-state index contributed by atoms with van der Waals surface area (Å²) < 4.78 is 42.8. The van der Waals surface area contributed by atoms with Crippen molar-refractivity contribution in [3.8, 4) is 5.75 Å². The van der Waals surface area contributed by atoms with E-state index < -0.39 is 6.36 Å². The van der Waals surface area contributed by atoms with Crippen LogP contribution in [-0.2, 0) is 7.05 Å². The quantitative estimate of drug-likeness (QED) is 0.613. The molecule has 0 radical (unpaired) electrons. The third kappa shape index (κ3) is 4.71. The lowest BCUT2D eigenvalue weighted by molar-refractivity contribution is -0.274. The first-order valence-corrected chi connectivity index (χ1v) is 10.2. The lowest BCUT2D eigenvalue weighted by Gasteiger charge is -2.40. The van der Waals surface area contributed by atoms with Crippen LogP contribution in [-0.4, -0.2) is 62.7 Å². The van der Waals surface area contributed by atoms with Gasteiger partial charge in [0.15, 0.2) is 5.65 Å². The van der Waals surface area contributed by atoms with Crippen LogP contribution in [0.25, 0.3) is 11.0 Å². The van der Waals surface area contributed by atoms with E-state index in [-0.39, 0.29) is 23.8 Å². The smallest absolute Gasteiger partial charge is 0.406 e. The number of halogens is 3. The number of amides is 2. The van der Waals surface area contributed by atoms with E-state index in [1.807, 2.05) is 6.92 Å². The fraction of sp³-hybridized carbons (Fsp3) is 0.400. The van der Waals surface area contributed by atoms with Gasteiger partial charge in [0.05, 0.1) is 11.6 Å². The molecule has 4 rings (SSSR count). The van der Waals surface area contributed by atoms with Gasteiger partial charge in [-0.2, -0.15) is 15.1 Å². The van der Waals surface area contributed by atoms with E-state index in [1.165, 1.54) is 12.1 Å². The van der Waals surface area contributed by atoms with Gasteiger partial charge in [-0.25, -0.2) is 4.79 Å². The van der Waals surface area contributed by atoms with Crippen molar-refractivity contribution in [2.45, 2.75) is 26.3 Å². The maximum Gasteiger partial charge on any atom is 0.573 e. The fourth-order valence-corrected chi connectivity index (χ4v) is 3.87. The number of aryl methyl sites for hydroxylation is 2. The standard InChI is InChI=1S/C20H23F3N8O2/c1-11-8-13(33-20(21,22)23)4-5-15(11)26-19(32)30-6-7-31(12(2)10-30)17-14-9-25-29(3)16(14)27-18(24)28-17/h4-5,8-9,12H,6-7,10H2,1-3H3,(H,26,32)(H2,24,27,28)/t12-/m0/s1. The van der Waals surface area contributed by atoms with E-state index >= 15 is 0 Å². The number of rotatable bonds is 3. The molecule has 3 N–H and O–H groups in total. The van der Waals surface area contributed by atoms with E-state index in [9.17, 15) is 18.0 Å². The van der Waals surface area contributed by atoms with Gasteiger partial charge in [-0.05, 0) is 37.6 Å². The van der Waals surface area contributed by atoms with Crippen LogP contribution < -0.4 is 20.7 Å². The molecule has 0 spiro atoms. The second kappa shape index (κ2) is 8.30. The Bertz CT molecular complexity index is 1200. The molecule has 3 heterocycles. The number of benzene rings is 1. The summed E-state index contributed by atoms with van der Waals surface area (Å²) in [5.41, 5.74) is 7.37. The van der Waals surface area contributed by atoms with E-state index in [0.717, 1.165) is 11.5 Å². The molecule has 13 heteroatoms. The van der Waals surface area contributed by atoms with Crippen LogP contribution in [0.3, 0.4) is 0 Å². The molecule has 0 bridgehead atoms. The molecule has 2 amide bonds. The summed E-state index contributed by atoms with van der Waals surface area (Å²) in [5, 5.41) is 7.76. The Hall–Kier alpha value is -3.77. The average molecular weight is 464 g/mol. The Kier molecular flexibility index (Phi) is 5.64. The molecule has 33 heavy (non-hydrogen) atoms. The second-order valence-electron chi connectivity index (χ2n) is 7.85. The first kappa shape index (κ1) is 22.4. The summed E-state index contributed by atoms with van der Waals surface area (Å²) in [6.07, 6.45) is -3.09. The molecule has 10 nitrogen and oxygen atoms in total. The van der Waals surface area contributed by atoms with E-state index in [0.29, 0.717) is 42.4 Å². The van der Waals surface area contributed by atoms with Crippen LogP contribution in [0.2, 0.25) is 0 Å². The zero-order valence-electron chi connectivity index (χ0n) is 18.2. The largest absolute Gasteiger partial charge is 0.573 e. The van der Waals surface area contributed by atoms with Crippen molar-refractivity contribution in [1.29, 1.82) is 0 Å². The third-order valence-corrected chi connectivity index (χ3v) is 5.45. The van der Waals surface area contributed by atoms with Crippen molar-refractivity contribution in [2.24, 2.45) is 7.05 Å². The zero-order chi connectivity index (χ0) is 23.9. The van der Waals surface area contributed by atoms with Crippen LogP contribution in [0.15, 0.2) is 24.4 Å². The fourth-order valence-electron chi connectivity index (χ4n) is 3.87. The normalized spacial score (nSPS) is 16.8. The van der Waals surface area contributed by atoms with Gasteiger partial charge in [0, 0.05) is 38.4 Å². The zero-order valence-corrected chi connectivity index (χ0v) is 18.2. The van der Waals surface area contributed by atoms with Gasteiger partial charge in [-0.15, -0.1) is 13.2 Å². The minimum absolute atomic E-state index is 0.0779. The monoisotopic (exact) mass is 464 g/mol. The minimum Gasteiger partial charge on any atom is -0.406 e. The molecule has 0 saturated carbocycles. The second-order valence-corrected chi connectivity index (χ2v) is 7.85. The van der Waals surface area contributed by atoms with Gasteiger partial charge in [0.2, 0.25) is 5.95 Å². The SMILES string of the molecule is Cc1cc(OC(F)(F)F)ccc1NC(=O)N1CCN(c2nc(N)nc3c2cnn3C)[C@@H](C)C1. The summed E-state index contributed by atoms with van der Waals surface area (Å²) in [5.74, 6) is 0.460. The van der Waals surface area contributed by atoms with Gasteiger partial charge < -0.3 is 25.6 Å². The Morgan fingerprint density at radius 2 is 2.03 bits per heavy atom. The molecule has 1 fully saturated rings. The van der Waals surface area contributed by atoms with E-state index in [1.54, 1.807) is 29.7 Å². The number of alkyl halides is 3. The van der Waals surface area contributed by atoms with Crippen LogP contribution >= 0.6 is 0 Å². The van der Waals surface area contributed by atoms with Gasteiger partial charge in [-0.1, -0.05) is 0 Å². The maximum absolute atomic E-state index is 12.8. The highest BCUT2D eigenvalue weighted by Gasteiger charge is 2.32. The van der Waals surface area contributed by atoms with Gasteiger partial charge >= 0.3 is 12.4 Å². The van der Waals surface area contributed by atoms with Crippen LogP contribution in [0, 0.1) is 6.92 Å². The van der Waals surface area contributed by atoms with Crippen LogP contribution in [0.5, 0.6) is 5.75 Å². The molecule has 0 aliphatic carbocycles. The minimum atomic E-state index is -4.78. The number of anilines is 3. The average Bonchev–Trinajstić information content (AvgIpc) is 3.09. The summed E-state index contributed by atoms with van der Waals surface area (Å²) in [4.78, 5) is 25.2. The highest BCUT2D eigenvalue weighted by Crippen LogP contribution is 2.29. The molecular weight excluding hydrogens is 441 g/mol. The maximum atomic E-state index is 12.8. The van der Waals surface area contributed by atoms with Gasteiger partial charge in [0.1, 0.15) is 11.6 Å². The molecule has 1 atom stereocenters. The van der Waals surface area contributed by atoms with Crippen molar-refractivity contribution < 1.29 is 22.7 Å². The molecule has 1 aliphatic heterocycles. The predicted octanol–water partition coefficient (Wildman–Crippen LogP) is 2.90. The number of ether oxygens (including phenoxy) is 1. The summed E-state index contributed by atoms with van der Waals surface area (Å²) >= 11 is 0. The molecule has 1 aromatic carbocycles. The highest BCUT2D eigenvalue weighted by molar-refractivity contribution is 5.91. The molecule has 1 saturated heterocycles. The van der Waals surface area contributed by atoms with Crippen LogP contribution in [0.4, 0.5) is 35.4 Å². The Labute approximate surface area is 187 Å². The number of carbonyl (C=O) groups is 1. The van der Waals surface area contributed by atoms with Crippen molar-refractivity contribution in [1.82, 2.24) is 24.6 Å². The highest BCUT2D eigenvalue weighted by atomic mass is 19.4. The number of hydrogen-bond donors (Lipinski definition) is 2. The van der Waals surface area contributed by atoms with Crippen molar-refractivity contribution in [2.75, 3.05) is 35.6 Å².